The van der Waals surface area contributed by atoms with Gasteiger partial charge in [-0.25, -0.2) is 0 Å². The Balaban J connectivity index is 1.29. The predicted octanol–water partition coefficient (Wildman–Crippen LogP) is 23.5. The zero-order valence-electron chi connectivity index (χ0n) is 52.8. The summed E-state index contributed by atoms with van der Waals surface area (Å²) in [5.74, 6) is -0.728. The van der Waals surface area contributed by atoms with E-state index in [1.807, 2.05) is 19.1 Å². The fourth-order valence-corrected chi connectivity index (χ4v) is 15.0. The lowest BCUT2D eigenvalue weighted by atomic mass is 9.80. The van der Waals surface area contributed by atoms with Crippen LogP contribution in [0.2, 0.25) is 0 Å². The Bertz CT molecular complexity index is 2570. The molecular weight excluding hydrogens is 1040 g/mol. The van der Waals surface area contributed by atoms with Gasteiger partial charge < -0.3 is 0 Å². The Morgan fingerprint density at radius 3 is 1.07 bits per heavy atom. The van der Waals surface area contributed by atoms with E-state index in [9.17, 15) is 0 Å². The van der Waals surface area contributed by atoms with E-state index >= 15 is 19.2 Å². The van der Waals surface area contributed by atoms with Crippen LogP contribution in [0.5, 0.6) is 0 Å². The Morgan fingerprint density at radius 1 is 0.366 bits per heavy atom. The molecule has 0 fully saturated rings. The minimum absolute atomic E-state index is 0.205. The van der Waals surface area contributed by atoms with E-state index in [4.69, 9.17) is 0 Å². The van der Waals surface area contributed by atoms with Crippen molar-refractivity contribution < 1.29 is 19.2 Å². The number of aryl methyl sites for hydroxylation is 2. The Hall–Kier alpha value is -3.88. The number of nitrogens with zero attached hydrogens (tertiary/aromatic N) is 2. The second-order valence-electron chi connectivity index (χ2n) is 25.3. The number of imide groups is 2. The molecule has 2 aromatic carbocycles. The largest absolute Gasteiger partial charge is 0.274 e. The molecule has 0 N–H and O–H groups in total. The number of rotatable bonds is 47. The maximum atomic E-state index is 15.7. The summed E-state index contributed by atoms with van der Waals surface area (Å²) in [6.07, 6.45) is 53.8. The first kappa shape index (κ1) is 67.2. The van der Waals surface area contributed by atoms with Crippen LogP contribution in [0.1, 0.15) is 346 Å². The molecular formula is C74H112N2O4S2. The lowest BCUT2D eigenvalue weighted by Crippen LogP contribution is -2.46. The van der Waals surface area contributed by atoms with E-state index < -0.39 is 0 Å². The molecule has 0 saturated carbocycles. The summed E-state index contributed by atoms with van der Waals surface area (Å²) >= 11 is 3.37. The first-order valence-electron chi connectivity index (χ1n) is 34.3. The molecule has 0 bridgehead atoms. The first-order valence-corrected chi connectivity index (χ1v) is 36.0. The van der Waals surface area contributed by atoms with Crippen molar-refractivity contribution in [2.24, 2.45) is 11.8 Å². The third-order valence-electron chi connectivity index (χ3n) is 18.3. The van der Waals surface area contributed by atoms with Crippen molar-refractivity contribution in [3.05, 3.63) is 78.8 Å². The molecule has 2 unspecified atom stereocenters. The van der Waals surface area contributed by atoms with E-state index in [1.54, 1.807) is 32.5 Å². The van der Waals surface area contributed by atoms with Gasteiger partial charge in [-0.15, -0.1) is 22.7 Å². The molecule has 2 aliphatic heterocycles. The minimum atomic E-state index is -0.292. The molecule has 2 aromatic heterocycles. The van der Waals surface area contributed by atoms with Gasteiger partial charge in [0.05, 0.1) is 11.1 Å². The summed E-state index contributed by atoms with van der Waals surface area (Å²) < 4.78 is 0. The lowest BCUT2D eigenvalue weighted by Gasteiger charge is -2.36. The molecule has 4 amide bonds. The van der Waals surface area contributed by atoms with Crippen molar-refractivity contribution in [3.8, 4) is 10.4 Å². The van der Waals surface area contributed by atoms with Crippen LogP contribution in [-0.2, 0) is 0 Å². The van der Waals surface area contributed by atoms with Gasteiger partial charge in [-0.3, -0.25) is 29.0 Å². The summed E-state index contributed by atoms with van der Waals surface area (Å²) in [5.41, 5.74) is 3.24. The van der Waals surface area contributed by atoms with Gasteiger partial charge in [-0.2, -0.15) is 0 Å². The molecule has 4 aromatic rings. The van der Waals surface area contributed by atoms with E-state index in [-0.39, 0.29) is 35.5 Å². The Kier molecular flexibility index (Phi) is 31.3. The van der Waals surface area contributed by atoms with Crippen LogP contribution in [0.15, 0.2) is 36.4 Å². The number of amides is 4. The lowest BCUT2D eigenvalue weighted by molar-refractivity contribution is 0.0556. The molecule has 0 aliphatic carbocycles. The quantitative estimate of drug-likeness (QED) is 0.0326. The second kappa shape index (κ2) is 38.2. The average Bonchev–Trinajstić information content (AvgIpc) is 0.959. The second-order valence-corrected chi connectivity index (χ2v) is 27.8. The number of benzene rings is 2. The molecule has 6 nitrogen and oxygen atoms in total. The van der Waals surface area contributed by atoms with Crippen LogP contribution >= 0.6 is 22.7 Å². The number of carbonyl (C=O) groups is 4. The molecule has 0 spiro atoms. The average molecular weight is 1160 g/mol. The molecule has 2 aliphatic rings. The topological polar surface area (TPSA) is 74.8 Å². The van der Waals surface area contributed by atoms with Crippen molar-refractivity contribution in [1.29, 1.82) is 0 Å². The number of carbonyl (C=O) groups excluding carboxylic acids is 4. The highest BCUT2D eigenvalue weighted by Crippen LogP contribution is 2.46. The van der Waals surface area contributed by atoms with Gasteiger partial charge in [0.1, 0.15) is 0 Å². The predicted molar refractivity (Wildman–Crippen MR) is 355 cm³/mol. The highest BCUT2D eigenvalue weighted by Gasteiger charge is 2.43. The summed E-state index contributed by atoms with van der Waals surface area (Å²) in [6.45, 7) is 13.9. The van der Waals surface area contributed by atoms with Gasteiger partial charge in [0.25, 0.3) is 23.6 Å². The third-order valence-corrected chi connectivity index (χ3v) is 20.3. The molecule has 4 heterocycles. The SMILES string of the molecule is CCCCCCCCCCCCC(CCCCCCCCCC)CN1C(=O)c2cc(-c3ccc(/C=C/c4ccc(C)s4)s3)c3c4c(cc(C)c(c24)C1=O)C(=O)N(CC(CCCCCCCCCC)CCCCCCCCCCCC)C3=O. The number of hydrogen-bond donors (Lipinski definition) is 0. The monoisotopic (exact) mass is 1160 g/mol. The van der Waals surface area contributed by atoms with Crippen LogP contribution < -0.4 is 0 Å². The summed E-state index contributed by atoms with van der Waals surface area (Å²) in [5, 5.41) is 0.997. The Morgan fingerprint density at radius 2 is 0.695 bits per heavy atom. The Labute approximate surface area is 507 Å². The zero-order chi connectivity index (χ0) is 58.3. The minimum Gasteiger partial charge on any atom is -0.274 e. The number of unbranched alkanes of at least 4 members (excludes halogenated alkanes) is 32. The van der Waals surface area contributed by atoms with Crippen LogP contribution in [0.3, 0.4) is 0 Å². The molecule has 2 atom stereocenters. The van der Waals surface area contributed by atoms with Gasteiger partial charge in [-0.1, -0.05) is 259 Å². The summed E-state index contributed by atoms with van der Waals surface area (Å²) in [4.78, 5) is 69.1. The van der Waals surface area contributed by atoms with E-state index in [1.165, 1.54) is 215 Å². The molecule has 6 rings (SSSR count). The van der Waals surface area contributed by atoms with E-state index in [0.717, 1.165) is 61.1 Å². The van der Waals surface area contributed by atoms with Gasteiger partial charge in [0, 0.05) is 60.1 Å². The third kappa shape index (κ3) is 21.0. The fraction of sp³-hybridized carbons (Fsp3) is 0.676. The standard InChI is InChI=1S/C74H112N2O4S2/c1-7-11-15-19-23-27-29-33-37-41-44-59(43-39-35-31-25-21-17-13-9-3)55-75-72(78)65-54-63(66-52-51-62(82-66)50-49-61-48-47-58(6)81-61)70-69-64(53-57(5)67(68(65)69)73(75)79)71(77)76(74(70)80)56-60(45-40-36-32-26-22-18-14-10-4)46-42-38-34-30-28-24-20-16-12-8-2/h47-54,59-60H,7-46,55-56H2,1-6H3/b50-49+. The van der Waals surface area contributed by atoms with Gasteiger partial charge >= 0.3 is 0 Å². The van der Waals surface area contributed by atoms with Gasteiger partial charge in [0.15, 0.2) is 0 Å². The highest BCUT2D eigenvalue weighted by molar-refractivity contribution is 7.16. The van der Waals surface area contributed by atoms with Crippen molar-refractivity contribution >= 4 is 69.2 Å². The molecule has 82 heavy (non-hydrogen) atoms. The zero-order valence-corrected chi connectivity index (χ0v) is 54.4. The first-order chi connectivity index (χ1) is 40.1. The normalized spacial score (nSPS) is 14.2. The summed E-state index contributed by atoms with van der Waals surface area (Å²) in [6, 6.07) is 12.3. The molecule has 8 heteroatoms. The van der Waals surface area contributed by atoms with Crippen LogP contribution in [0.4, 0.5) is 0 Å². The maximum Gasteiger partial charge on any atom is 0.262 e. The fourth-order valence-electron chi connectivity index (χ4n) is 13.3. The molecule has 0 saturated heterocycles. The van der Waals surface area contributed by atoms with Crippen LogP contribution in [-0.4, -0.2) is 46.5 Å². The molecule has 0 radical (unpaired) electrons. The van der Waals surface area contributed by atoms with Crippen molar-refractivity contribution in [1.82, 2.24) is 9.80 Å². The van der Waals surface area contributed by atoms with Crippen LogP contribution in [0, 0.1) is 25.7 Å². The van der Waals surface area contributed by atoms with Crippen molar-refractivity contribution in [2.75, 3.05) is 13.1 Å². The smallest absolute Gasteiger partial charge is 0.262 e. The van der Waals surface area contributed by atoms with Gasteiger partial charge in [-0.05, 0) is 105 Å². The summed E-state index contributed by atoms with van der Waals surface area (Å²) in [7, 11) is 0. The van der Waals surface area contributed by atoms with E-state index in [0.29, 0.717) is 57.2 Å². The molecule has 454 valence electrons. The van der Waals surface area contributed by atoms with Gasteiger partial charge in [0.2, 0.25) is 0 Å². The van der Waals surface area contributed by atoms with E-state index in [2.05, 4.69) is 71.0 Å². The number of thiophene rings is 2. The van der Waals surface area contributed by atoms with Crippen molar-refractivity contribution in [2.45, 2.75) is 298 Å². The van der Waals surface area contributed by atoms with Crippen LogP contribution in [0.25, 0.3) is 33.4 Å². The van der Waals surface area contributed by atoms with Crippen molar-refractivity contribution in [3.63, 3.8) is 0 Å². The number of hydrogen-bond acceptors (Lipinski definition) is 6. The maximum absolute atomic E-state index is 15.7. The highest BCUT2D eigenvalue weighted by atomic mass is 32.1.